The van der Waals surface area contributed by atoms with Gasteiger partial charge in [0.15, 0.2) is 0 Å². The van der Waals surface area contributed by atoms with Crippen LogP contribution < -0.4 is 10.5 Å². The highest BCUT2D eigenvalue weighted by molar-refractivity contribution is 7.13. The summed E-state index contributed by atoms with van der Waals surface area (Å²) in [6.07, 6.45) is 0. The van der Waals surface area contributed by atoms with Crippen molar-refractivity contribution in [1.82, 2.24) is 10.2 Å². The zero-order valence-electron chi connectivity index (χ0n) is 12.3. The van der Waals surface area contributed by atoms with Crippen LogP contribution in [0.5, 0.6) is 5.88 Å². The van der Waals surface area contributed by atoms with Gasteiger partial charge in [0.05, 0.1) is 22.1 Å². The summed E-state index contributed by atoms with van der Waals surface area (Å²) in [5, 5.41) is 19.4. The Kier molecular flexibility index (Phi) is 3.53. The van der Waals surface area contributed by atoms with Gasteiger partial charge in [0.2, 0.25) is 11.8 Å². The van der Waals surface area contributed by atoms with Crippen LogP contribution in [0.4, 0.5) is 0 Å². The van der Waals surface area contributed by atoms with Crippen LogP contribution in [0, 0.1) is 11.3 Å². The fraction of sp³-hybridized carbons (Fsp3) is 0.0588. The molecule has 3 heterocycles. The normalized spacial score (nSPS) is 16.4. The average molecular weight is 355 g/mol. The molecule has 7 heteroatoms. The molecular weight excluding hydrogens is 344 g/mol. The van der Waals surface area contributed by atoms with Gasteiger partial charge in [-0.05, 0) is 29.1 Å². The van der Waals surface area contributed by atoms with Crippen molar-refractivity contribution < 1.29 is 4.74 Å². The fourth-order valence-electron chi connectivity index (χ4n) is 2.87. The maximum absolute atomic E-state index is 9.62. The minimum Gasteiger partial charge on any atom is -0.420 e. The Bertz CT molecular complexity index is 984. The zero-order valence-corrected chi connectivity index (χ0v) is 13.9. The largest absolute Gasteiger partial charge is 0.420 e. The third-order valence-electron chi connectivity index (χ3n) is 3.89. The van der Waals surface area contributed by atoms with Crippen molar-refractivity contribution in [3.8, 4) is 22.5 Å². The summed E-state index contributed by atoms with van der Waals surface area (Å²) in [4.78, 5) is 1.01. The molecule has 1 aliphatic heterocycles. The first-order valence-corrected chi connectivity index (χ1v) is 8.40. The first kappa shape index (κ1) is 14.8. The van der Waals surface area contributed by atoms with Crippen molar-refractivity contribution in [2.45, 2.75) is 5.92 Å². The Morgan fingerprint density at radius 3 is 2.92 bits per heavy atom. The molecule has 0 spiro atoms. The number of hydrogen-bond donors (Lipinski definition) is 2. The third-order valence-corrected chi connectivity index (χ3v) is 5.01. The number of nitriles is 1. The Balaban J connectivity index is 1.97. The van der Waals surface area contributed by atoms with Crippen LogP contribution in [0.2, 0.25) is 5.02 Å². The first-order chi connectivity index (χ1) is 11.7. The topological polar surface area (TPSA) is 87.7 Å². The highest BCUT2D eigenvalue weighted by atomic mass is 35.5. The van der Waals surface area contributed by atoms with Crippen LogP contribution in [-0.4, -0.2) is 10.2 Å². The van der Waals surface area contributed by atoms with Gasteiger partial charge in [0.1, 0.15) is 11.6 Å². The molecule has 3 N–H and O–H groups in total. The minimum atomic E-state index is -0.381. The number of H-pyrrole nitrogens is 1. The molecule has 1 unspecified atom stereocenters. The van der Waals surface area contributed by atoms with Crippen molar-refractivity contribution >= 4 is 22.9 Å². The van der Waals surface area contributed by atoms with E-state index in [4.69, 9.17) is 22.1 Å². The molecule has 0 saturated carbocycles. The molecule has 0 amide bonds. The summed E-state index contributed by atoms with van der Waals surface area (Å²) in [7, 11) is 0. The van der Waals surface area contributed by atoms with Crippen molar-refractivity contribution in [2.24, 2.45) is 5.73 Å². The van der Waals surface area contributed by atoms with Gasteiger partial charge < -0.3 is 10.5 Å². The number of allylic oxidation sites excluding steroid dienone is 1. The van der Waals surface area contributed by atoms with Gasteiger partial charge in [-0.2, -0.15) is 5.26 Å². The number of aromatic nitrogens is 2. The van der Waals surface area contributed by atoms with Crippen LogP contribution in [-0.2, 0) is 0 Å². The average Bonchev–Trinajstić information content (AvgIpc) is 3.22. The lowest BCUT2D eigenvalue weighted by atomic mass is 9.84. The zero-order chi connectivity index (χ0) is 16.7. The van der Waals surface area contributed by atoms with Crippen molar-refractivity contribution in [1.29, 1.82) is 5.26 Å². The number of rotatable bonds is 2. The summed E-state index contributed by atoms with van der Waals surface area (Å²) in [5.41, 5.74) is 8.79. The van der Waals surface area contributed by atoms with Gasteiger partial charge >= 0.3 is 0 Å². The molecule has 0 bridgehead atoms. The van der Waals surface area contributed by atoms with E-state index in [2.05, 4.69) is 16.3 Å². The van der Waals surface area contributed by atoms with E-state index in [9.17, 15) is 5.26 Å². The second kappa shape index (κ2) is 5.71. The lowest BCUT2D eigenvalue weighted by molar-refractivity contribution is 0.379. The number of nitrogens with zero attached hydrogens (tertiary/aromatic N) is 2. The molecule has 1 atom stereocenters. The molecule has 24 heavy (non-hydrogen) atoms. The molecule has 5 nitrogen and oxygen atoms in total. The number of nitrogens with two attached hydrogens (primary N) is 1. The second-order valence-electron chi connectivity index (χ2n) is 5.27. The fourth-order valence-corrected chi connectivity index (χ4v) is 3.81. The summed E-state index contributed by atoms with van der Waals surface area (Å²) < 4.78 is 5.56. The van der Waals surface area contributed by atoms with E-state index in [0.29, 0.717) is 16.5 Å². The Labute approximate surface area is 146 Å². The van der Waals surface area contributed by atoms with Gasteiger partial charge in [-0.25, -0.2) is 0 Å². The number of fused-ring (bicyclic) bond motifs is 1. The van der Waals surface area contributed by atoms with E-state index in [1.165, 1.54) is 0 Å². The molecule has 118 valence electrons. The van der Waals surface area contributed by atoms with Crippen LogP contribution in [0.3, 0.4) is 0 Å². The number of halogens is 1. The Hall–Kier alpha value is -2.75. The van der Waals surface area contributed by atoms with Gasteiger partial charge in [-0.1, -0.05) is 29.8 Å². The summed E-state index contributed by atoms with van der Waals surface area (Å²) >= 11 is 7.73. The van der Waals surface area contributed by atoms with Crippen molar-refractivity contribution in [3.63, 3.8) is 0 Å². The maximum atomic E-state index is 9.62. The van der Waals surface area contributed by atoms with E-state index < -0.39 is 0 Å². The van der Waals surface area contributed by atoms with Gasteiger partial charge in [-0.15, -0.1) is 16.4 Å². The molecule has 0 aliphatic carbocycles. The highest BCUT2D eigenvalue weighted by Gasteiger charge is 2.35. The molecule has 0 radical (unpaired) electrons. The standard InChI is InChI=1S/C17H11ClN4OS/c18-10-4-1-3-9(7-10)13-11(8-19)16(20)23-17-14(13)15(21-22-17)12-5-2-6-24-12/h1-7,13H,20H2,(H,21,22). The lowest BCUT2D eigenvalue weighted by Gasteiger charge is -2.24. The SMILES string of the molecule is N#CC1=C(N)Oc2n[nH]c(-c3cccs3)c2C1c1cccc(Cl)c1. The second-order valence-corrected chi connectivity index (χ2v) is 6.66. The molecule has 4 rings (SSSR count). The van der Waals surface area contributed by atoms with Gasteiger partial charge in [0.25, 0.3) is 0 Å². The summed E-state index contributed by atoms with van der Waals surface area (Å²) in [6.45, 7) is 0. The smallest absolute Gasteiger partial charge is 0.244 e. The lowest BCUT2D eigenvalue weighted by Crippen LogP contribution is -2.20. The van der Waals surface area contributed by atoms with Gasteiger partial charge in [0, 0.05) is 5.02 Å². The Morgan fingerprint density at radius 2 is 2.21 bits per heavy atom. The molecule has 1 aliphatic rings. The van der Waals surface area contributed by atoms with Crippen molar-refractivity contribution in [2.75, 3.05) is 0 Å². The molecule has 3 aromatic rings. The monoisotopic (exact) mass is 354 g/mol. The number of aromatic amines is 1. The third kappa shape index (κ3) is 2.26. The number of nitrogens with one attached hydrogen (secondary N) is 1. The molecular formula is C17H11ClN4OS. The Morgan fingerprint density at radius 1 is 1.33 bits per heavy atom. The summed E-state index contributed by atoms with van der Waals surface area (Å²) in [5.74, 6) is 0.0763. The van der Waals surface area contributed by atoms with E-state index in [-0.39, 0.29) is 11.8 Å². The number of thiophene rings is 1. The number of hydrogen-bond acceptors (Lipinski definition) is 5. The van der Waals surface area contributed by atoms with Crippen molar-refractivity contribution in [3.05, 3.63) is 69.4 Å². The number of ether oxygens (including phenoxy) is 1. The van der Waals surface area contributed by atoms with E-state index in [1.807, 2.05) is 35.7 Å². The van der Waals surface area contributed by atoms with Crippen LogP contribution in [0.25, 0.3) is 10.6 Å². The maximum Gasteiger partial charge on any atom is 0.244 e. The van der Waals surface area contributed by atoms with E-state index >= 15 is 0 Å². The van der Waals surface area contributed by atoms with Crippen LogP contribution in [0.1, 0.15) is 17.0 Å². The molecule has 0 saturated heterocycles. The molecule has 1 aromatic carbocycles. The predicted molar refractivity (Wildman–Crippen MR) is 92.7 cm³/mol. The van der Waals surface area contributed by atoms with E-state index in [0.717, 1.165) is 21.7 Å². The van der Waals surface area contributed by atoms with Gasteiger partial charge in [-0.3, -0.25) is 5.10 Å². The number of benzene rings is 1. The summed E-state index contributed by atoms with van der Waals surface area (Å²) in [6, 6.07) is 13.5. The molecule has 0 fully saturated rings. The quantitative estimate of drug-likeness (QED) is 0.727. The van der Waals surface area contributed by atoms with Crippen LogP contribution >= 0.6 is 22.9 Å². The van der Waals surface area contributed by atoms with E-state index in [1.54, 1.807) is 17.4 Å². The van der Waals surface area contributed by atoms with Crippen LogP contribution in [0.15, 0.2) is 53.2 Å². The predicted octanol–water partition coefficient (Wildman–Crippen LogP) is 4.01. The minimum absolute atomic E-state index is 0.0687. The highest BCUT2D eigenvalue weighted by Crippen LogP contribution is 2.46. The first-order valence-electron chi connectivity index (χ1n) is 7.14. The molecule has 2 aromatic heterocycles.